The summed E-state index contributed by atoms with van der Waals surface area (Å²) in [6, 6.07) is 5.71. The zero-order chi connectivity index (χ0) is 19.3. The summed E-state index contributed by atoms with van der Waals surface area (Å²) in [7, 11) is 0. The maximum absolute atomic E-state index is 12.5. The number of esters is 1. The Morgan fingerprint density at radius 3 is 2.54 bits per heavy atom. The van der Waals surface area contributed by atoms with Crippen LogP contribution in [0.15, 0.2) is 35.0 Å². The molecule has 0 N–H and O–H groups in total. The quantitative estimate of drug-likeness (QED) is 0.217. The first-order valence-corrected chi connectivity index (χ1v) is 9.54. The Kier molecular flexibility index (Phi) is 7.05. The van der Waals surface area contributed by atoms with Crippen molar-refractivity contribution in [1.82, 2.24) is 4.90 Å². The van der Waals surface area contributed by atoms with Gasteiger partial charge in [0, 0.05) is 17.2 Å². The van der Waals surface area contributed by atoms with Gasteiger partial charge in [0.15, 0.2) is 0 Å². The molecule has 1 fully saturated rings. The molecule has 0 aliphatic carbocycles. The van der Waals surface area contributed by atoms with E-state index in [0.29, 0.717) is 18.4 Å². The molecule has 1 unspecified atom stereocenters. The predicted octanol–water partition coefficient (Wildman–Crippen LogP) is 3.81. The number of amides is 1. The van der Waals surface area contributed by atoms with Crippen LogP contribution in [0, 0.1) is 10.1 Å². The zero-order valence-electron chi connectivity index (χ0n) is 14.4. The lowest BCUT2D eigenvalue weighted by molar-refractivity contribution is -0.384. The van der Waals surface area contributed by atoms with Gasteiger partial charge in [-0.15, -0.1) is 11.8 Å². The van der Waals surface area contributed by atoms with Crippen molar-refractivity contribution >= 4 is 40.9 Å². The number of likely N-dealkylation sites (tertiary alicyclic amines) is 1. The van der Waals surface area contributed by atoms with E-state index in [1.54, 1.807) is 18.7 Å². The fourth-order valence-corrected chi connectivity index (χ4v) is 3.61. The van der Waals surface area contributed by atoms with Gasteiger partial charge in [0.1, 0.15) is 12.3 Å². The van der Waals surface area contributed by atoms with Crippen molar-refractivity contribution in [2.75, 3.05) is 5.75 Å². The number of rotatable bonds is 8. The number of thioether (sulfide) groups is 1. The first kappa shape index (κ1) is 20.3. The summed E-state index contributed by atoms with van der Waals surface area (Å²) >= 11 is 7.77. The molecule has 1 heterocycles. The van der Waals surface area contributed by atoms with Crippen molar-refractivity contribution < 1.29 is 19.2 Å². The average molecular weight is 399 g/mol. The van der Waals surface area contributed by atoms with Gasteiger partial charge < -0.3 is 4.74 Å². The molecule has 1 aliphatic heterocycles. The number of benzene rings is 1. The summed E-state index contributed by atoms with van der Waals surface area (Å²) in [5.74, 6) is -0.0293. The van der Waals surface area contributed by atoms with Gasteiger partial charge in [-0.3, -0.25) is 19.8 Å². The molecule has 0 aromatic heterocycles. The van der Waals surface area contributed by atoms with Crippen LogP contribution in [0.1, 0.15) is 32.3 Å². The molecule has 140 valence electrons. The highest BCUT2D eigenvalue weighted by Crippen LogP contribution is 2.36. The fraction of sp³-hybridized carbons (Fsp3) is 0.412. The number of ether oxygens (including phenoxy) is 1. The van der Waals surface area contributed by atoms with Crippen LogP contribution in [0.2, 0.25) is 0 Å². The number of hydrogen-bond donors (Lipinski definition) is 0. The Morgan fingerprint density at radius 1 is 1.38 bits per heavy atom. The molecule has 0 spiro atoms. The molecule has 1 aromatic rings. The molecule has 2 rings (SSSR count). The molecule has 0 bridgehead atoms. The van der Waals surface area contributed by atoms with Gasteiger partial charge in [-0.05, 0) is 29.9 Å². The monoisotopic (exact) mass is 398 g/mol. The van der Waals surface area contributed by atoms with Crippen molar-refractivity contribution in [3.63, 3.8) is 0 Å². The number of carbonyl (C=O) groups excluding carboxylic acids is 2. The summed E-state index contributed by atoms with van der Waals surface area (Å²) < 4.78 is 5.29. The molecule has 1 atom stereocenters. The molecular formula is C17H19ClN2O5S. The van der Waals surface area contributed by atoms with Crippen molar-refractivity contribution in [2.24, 2.45) is 0 Å². The van der Waals surface area contributed by atoms with E-state index in [2.05, 4.69) is 0 Å². The van der Waals surface area contributed by atoms with E-state index in [1.165, 1.54) is 29.2 Å². The summed E-state index contributed by atoms with van der Waals surface area (Å²) in [6.45, 7) is 3.70. The Bertz CT molecular complexity index is 735. The number of nitro benzene ring substituents is 1. The van der Waals surface area contributed by atoms with Crippen LogP contribution < -0.4 is 0 Å². The third-order valence-corrected chi connectivity index (χ3v) is 5.33. The Labute approximate surface area is 160 Å². The van der Waals surface area contributed by atoms with Crippen molar-refractivity contribution in [2.45, 2.75) is 38.7 Å². The Hall–Kier alpha value is -2.06. The molecule has 26 heavy (non-hydrogen) atoms. The second-order valence-corrected chi connectivity index (χ2v) is 7.40. The molecule has 0 saturated carbocycles. The minimum absolute atomic E-state index is 0.0414. The maximum atomic E-state index is 12.5. The number of non-ortho nitro benzene ring substituents is 1. The minimum Gasteiger partial charge on any atom is -0.456 e. The lowest BCUT2D eigenvalue weighted by atomic mass is 10.1. The van der Waals surface area contributed by atoms with Gasteiger partial charge in [0.05, 0.1) is 16.7 Å². The van der Waals surface area contributed by atoms with Crippen LogP contribution in [-0.4, -0.2) is 32.8 Å². The molecule has 0 radical (unpaired) electrons. The number of nitrogens with zero attached hydrogens (tertiary/aromatic N) is 2. The number of halogens is 1. The van der Waals surface area contributed by atoms with E-state index in [4.69, 9.17) is 16.3 Å². The third kappa shape index (κ3) is 4.56. The maximum Gasteiger partial charge on any atom is 0.356 e. The van der Waals surface area contributed by atoms with Crippen LogP contribution in [0.25, 0.3) is 0 Å². The summed E-state index contributed by atoms with van der Waals surface area (Å²) in [5, 5.41) is 10.8. The molecule has 9 heteroatoms. The van der Waals surface area contributed by atoms with E-state index >= 15 is 0 Å². The highest BCUT2D eigenvalue weighted by molar-refractivity contribution is 7.99. The van der Waals surface area contributed by atoms with Crippen molar-refractivity contribution in [3.8, 4) is 0 Å². The second-order valence-electron chi connectivity index (χ2n) is 5.48. The molecular weight excluding hydrogens is 380 g/mol. The average Bonchev–Trinajstić information content (AvgIpc) is 2.63. The molecule has 1 aliphatic rings. The van der Waals surface area contributed by atoms with Gasteiger partial charge in [-0.1, -0.05) is 25.4 Å². The smallest absolute Gasteiger partial charge is 0.356 e. The number of allylic oxidation sites excluding steroid dienone is 1. The molecule has 1 aromatic carbocycles. The highest BCUT2D eigenvalue weighted by Gasteiger charge is 2.42. The SMILES string of the molecule is CCSC1CC(=O)N1C(C(=O)OCc1ccc([N+](=O)[O-])cc1)=C(Cl)CC. The van der Waals surface area contributed by atoms with Gasteiger partial charge in [-0.2, -0.15) is 0 Å². The second kappa shape index (κ2) is 9.05. The number of nitro groups is 1. The largest absolute Gasteiger partial charge is 0.456 e. The summed E-state index contributed by atoms with van der Waals surface area (Å²) in [6.07, 6.45) is 0.766. The van der Waals surface area contributed by atoms with E-state index < -0.39 is 10.9 Å². The van der Waals surface area contributed by atoms with Gasteiger partial charge in [-0.25, -0.2) is 4.79 Å². The normalized spacial score (nSPS) is 17.4. The van der Waals surface area contributed by atoms with Crippen LogP contribution >= 0.6 is 23.4 Å². The molecule has 1 amide bonds. The zero-order valence-corrected chi connectivity index (χ0v) is 16.0. The van der Waals surface area contributed by atoms with Crippen LogP contribution in [0.4, 0.5) is 5.69 Å². The number of hydrogen-bond acceptors (Lipinski definition) is 6. The van der Waals surface area contributed by atoms with Gasteiger partial charge in [0.25, 0.3) is 5.69 Å². The van der Waals surface area contributed by atoms with Crippen LogP contribution in [0.3, 0.4) is 0 Å². The van der Waals surface area contributed by atoms with E-state index in [1.807, 2.05) is 6.92 Å². The standard InChI is InChI=1S/C17H19ClN2O5S/c1-3-13(18)16(19-14(21)9-15(19)26-4-2)17(22)25-10-11-5-7-12(8-6-11)20(23)24/h5-8,15H,3-4,9-10H2,1-2H3. The fourth-order valence-electron chi connectivity index (χ4n) is 2.42. The minimum atomic E-state index is -0.676. The first-order chi connectivity index (χ1) is 12.4. The first-order valence-electron chi connectivity index (χ1n) is 8.11. The predicted molar refractivity (Wildman–Crippen MR) is 99.4 cm³/mol. The Balaban J connectivity index is 2.10. The van der Waals surface area contributed by atoms with E-state index in [-0.39, 0.29) is 34.3 Å². The molecule has 1 saturated heterocycles. The van der Waals surface area contributed by atoms with Crippen LogP contribution in [0.5, 0.6) is 0 Å². The number of carbonyl (C=O) groups is 2. The summed E-state index contributed by atoms with van der Waals surface area (Å²) in [5.41, 5.74) is 0.643. The van der Waals surface area contributed by atoms with Gasteiger partial charge >= 0.3 is 5.97 Å². The Morgan fingerprint density at radius 2 is 2.04 bits per heavy atom. The van der Waals surface area contributed by atoms with Crippen molar-refractivity contribution in [3.05, 3.63) is 50.7 Å². The third-order valence-electron chi connectivity index (χ3n) is 3.78. The highest BCUT2D eigenvalue weighted by atomic mass is 35.5. The molecule has 7 nitrogen and oxygen atoms in total. The number of β-lactam (4-membered cyclic amide) rings is 1. The van der Waals surface area contributed by atoms with E-state index in [9.17, 15) is 19.7 Å². The summed E-state index contributed by atoms with van der Waals surface area (Å²) in [4.78, 5) is 36.1. The lowest BCUT2D eigenvalue weighted by Crippen LogP contribution is -2.52. The topological polar surface area (TPSA) is 89.8 Å². The van der Waals surface area contributed by atoms with Crippen LogP contribution in [-0.2, 0) is 20.9 Å². The lowest BCUT2D eigenvalue weighted by Gasteiger charge is -2.40. The van der Waals surface area contributed by atoms with Crippen molar-refractivity contribution in [1.29, 1.82) is 0 Å². The van der Waals surface area contributed by atoms with E-state index in [0.717, 1.165) is 5.75 Å². The van der Waals surface area contributed by atoms with Gasteiger partial charge in [0.2, 0.25) is 5.91 Å².